The van der Waals surface area contributed by atoms with Gasteiger partial charge in [-0.1, -0.05) is 25.8 Å². The Morgan fingerprint density at radius 1 is 1.42 bits per heavy atom. The first kappa shape index (κ1) is 14.1. The maximum absolute atomic E-state index is 13.1. The smallest absolute Gasteiger partial charge is 0.159 e. The van der Waals surface area contributed by atoms with Gasteiger partial charge < -0.3 is 5.73 Å². The van der Waals surface area contributed by atoms with Crippen molar-refractivity contribution in [2.75, 3.05) is 0 Å². The number of benzene rings is 1. The summed E-state index contributed by atoms with van der Waals surface area (Å²) in [5.74, 6) is -1.46. The third-order valence-electron chi connectivity index (χ3n) is 3.94. The van der Waals surface area contributed by atoms with Crippen molar-refractivity contribution in [3.8, 4) is 0 Å². The van der Waals surface area contributed by atoms with Crippen molar-refractivity contribution in [1.29, 1.82) is 0 Å². The number of hydrogen-bond donors (Lipinski definition) is 1. The minimum Gasteiger partial charge on any atom is -0.319 e. The minimum absolute atomic E-state index is 0.0699. The number of carbonyl (C=O) groups excluding carboxylic acids is 1. The lowest BCUT2D eigenvalue weighted by Crippen LogP contribution is -2.51. The van der Waals surface area contributed by atoms with Crippen LogP contribution in [-0.4, -0.2) is 11.3 Å². The van der Waals surface area contributed by atoms with Crippen LogP contribution in [0.3, 0.4) is 0 Å². The molecule has 2 atom stereocenters. The zero-order valence-corrected chi connectivity index (χ0v) is 11.1. The molecule has 19 heavy (non-hydrogen) atoms. The van der Waals surface area contributed by atoms with Crippen molar-refractivity contribution in [2.45, 2.75) is 44.6 Å². The van der Waals surface area contributed by atoms with Crippen LogP contribution in [-0.2, 0) is 11.2 Å². The maximum Gasteiger partial charge on any atom is 0.159 e. The zero-order chi connectivity index (χ0) is 14.0. The summed E-state index contributed by atoms with van der Waals surface area (Å²) in [4.78, 5) is 12.3. The molecule has 0 saturated heterocycles. The van der Waals surface area contributed by atoms with Gasteiger partial charge in [-0.05, 0) is 36.5 Å². The molecule has 0 amide bonds. The van der Waals surface area contributed by atoms with Crippen LogP contribution in [0.2, 0.25) is 0 Å². The van der Waals surface area contributed by atoms with Gasteiger partial charge in [0.1, 0.15) is 0 Å². The Kier molecular flexibility index (Phi) is 3.99. The van der Waals surface area contributed by atoms with Gasteiger partial charge in [0, 0.05) is 6.42 Å². The average molecular weight is 267 g/mol. The first-order chi connectivity index (χ1) is 8.90. The Hall–Kier alpha value is -1.29. The highest BCUT2D eigenvalue weighted by atomic mass is 19.2. The van der Waals surface area contributed by atoms with E-state index in [1.807, 2.05) is 0 Å². The summed E-state index contributed by atoms with van der Waals surface area (Å²) in [7, 11) is 0. The molecule has 1 fully saturated rings. The SMILES string of the molecule is CC1CCCC(N)(C(=O)Cc2ccc(F)c(F)c2)C1. The molecule has 2 N–H and O–H groups in total. The maximum atomic E-state index is 13.1. The molecule has 1 aromatic rings. The van der Waals surface area contributed by atoms with Crippen LogP contribution in [0, 0.1) is 17.6 Å². The summed E-state index contributed by atoms with van der Waals surface area (Å²) in [6, 6.07) is 3.55. The third kappa shape index (κ3) is 3.18. The van der Waals surface area contributed by atoms with E-state index in [1.54, 1.807) is 0 Å². The quantitative estimate of drug-likeness (QED) is 0.915. The standard InChI is InChI=1S/C15H19F2NO/c1-10-3-2-6-15(18,9-10)14(19)8-11-4-5-12(16)13(17)7-11/h4-5,7,10H,2-3,6,8-9,18H2,1H3. The summed E-state index contributed by atoms with van der Waals surface area (Å²) in [5.41, 5.74) is 5.87. The first-order valence-corrected chi connectivity index (χ1v) is 6.67. The van der Waals surface area contributed by atoms with Gasteiger partial charge in [-0.3, -0.25) is 4.79 Å². The molecule has 2 unspecified atom stereocenters. The van der Waals surface area contributed by atoms with Gasteiger partial charge in [0.15, 0.2) is 17.4 Å². The fraction of sp³-hybridized carbons (Fsp3) is 0.533. The molecular formula is C15H19F2NO. The van der Waals surface area contributed by atoms with Gasteiger partial charge in [0.2, 0.25) is 0 Å². The van der Waals surface area contributed by atoms with E-state index in [1.165, 1.54) is 6.07 Å². The molecule has 0 aromatic heterocycles. The number of nitrogens with two attached hydrogens (primary N) is 1. The van der Waals surface area contributed by atoms with Crippen molar-refractivity contribution >= 4 is 5.78 Å². The number of carbonyl (C=O) groups is 1. The lowest BCUT2D eigenvalue weighted by Gasteiger charge is -2.35. The molecule has 1 saturated carbocycles. The van der Waals surface area contributed by atoms with Gasteiger partial charge in [0.25, 0.3) is 0 Å². The van der Waals surface area contributed by atoms with Crippen LogP contribution in [0.5, 0.6) is 0 Å². The Balaban J connectivity index is 2.09. The number of ketones is 1. The molecule has 0 bridgehead atoms. The topological polar surface area (TPSA) is 43.1 Å². The Morgan fingerprint density at radius 3 is 2.79 bits per heavy atom. The van der Waals surface area contributed by atoms with Crippen LogP contribution in [0.1, 0.15) is 38.2 Å². The number of halogens is 2. The molecule has 2 nitrogen and oxygen atoms in total. The second-order valence-electron chi connectivity index (χ2n) is 5.71. The first-order valence-electron chi connectivity index (χ1n) is 6.67. The normalized spacial score (nSPS) is 27.3. The molecule has 4 heteroatoms. The van der Waals surface area contributed by atoms with Crippen molar-refractivity contribution < 1.29 is 13.6 Å². The summed E-state index contributed by atoms with van der Waals surface area (Å²) in [6.07, 6.45) is 3.47. The predicted octanol–water partition coefficient (Wildman–Crippen LogP) is 2.98. The molecule has 1 aliphatic carbocycles. The average Bonchev–Trinajstić information content (AvgIpc) is 2.33. The summed E-state index contributed by atoms with van der Waals surface area (Å²) in [6.45, 7) is 2.09. The second-order valence-corrected chi connectivity index (χ2v) is 5.71. The summed E-state index contributed by atoms with van der Waals surface area (Å²) < 4.78 is 25.9. The van der Waals surface area contributed by atoms with Crippen molar-refractivity contribution in [3.05, 3.63) is 35.4 Å². The fourth-order valence-corrected chi connectivity index (χ4v) is 2.86. The van der Waals surface area contributed by atoms with Gasteiger partial charge in [-0.25, -0.2) is 8.78 Å². The lowest BCUT2D eigenvalue weighted by molar-refractivity contribution is -0.125. The highest BCUT2D eigenvalue weighted by molar-refractivity contribution is 5.90. The predicted molar refractivity (Wildman–Crippen MR) is 69.6 cm³/mol. The zero-order valence-electron chi connectivity index (χ0n) is 11.1. The van der Waals surface area contributed by atoms with E-state index in [4.69, 9.17) is 5.73 Å². The van der Waals surface area contributed by atoms with Gasteiger partial charge in [0.05, 0.1) is 5.54 Å². The molecule has 1 aromatic carbocycles. The van der Waals surface area contributed by atoms with Crippen molar-refractivity contribution in [3.63, 3.8) is 0 Å². The highest BCUT2D eigenvalue weighted by Crippen LogP contribution is 2.31. The van der Waals surface area contributed by atoms with E-state index < -0.39 is 17.2 Å². The van der Waals surface area contributed by atoms with Crippen LogP contribution < -0.4 is 5.73 Å². The second kappa shape index (κ2) is 5.37. The molecular weight excluding hydrogens is 248 g/mol. The Morgan fingerprint density at radius 2 is 2.16 bits per heavy atom. The minimum atomic E-state index is -0.923. The van der Waals surface area contributed by atoms with Crippen LogP contribution in [0.25, 0.3) is 0 Å². The van der Waals surface area contributed by atoms with E-state index in [-0.39, 0.29) is 12.2 Å². The van der Waals surface area contributed by atoms with Crippen molar-refractivity contribution in [2.24, 2.45) is 11.7 Å². The molecule has 0 spiro atoms. The van der Waals surface area contributed by atoms with E-state index in [0.717, 1.165) is 25.0 Å². The van der Waals surface area contributed by atoms with Crippen LogP contribution >= 0.6 is 0 Å². The van der Waals surface area contributed by atoms with E-state index in [9.17, 15) is 13.6 Å². The summed E-state index contributed by atoms with van der Waals surface area (Å²) >= 11 is 0. The molecule has 2 rings (SSSR count). The van der Waals surface area contributed by atoms with E-state index in [2.05, 4.69) is 6.92 Å². The van der Waals surface area contributed by atoms with E-state index in [0.29, 0.717) is 24.3 Å². The Bertz CT molecular complexity index is 489. The van der Waals surface area contributed by atoms with Gasteiger partial charge >= 0.3 is 0 Å². The monoisotopic (exact) mass is 267 g/mol. The molecule has 1 aliphatic rings. The Labute approximate surface area is 112 Å². The fourth-order valence-electron chi connectivity index (χ4n) is 2.86. The third-order valence-corrected chi connectivity index (χ3v) is 3.94. The number of rotatable bonds is 3. The molecule has 0 radical (unpaired) electrons. The van der Waals surface area contributed by atoms with Crippen LogP contribution in [0.4, 0.5) is 8.78 Å². The number of Topliss-reactive ketones (excluding diaryl/α,β-unsaturated/α-hetero) is 1. The molecule has 104 valence electrons. The van der Waals surface area contributed by atoms with E-state index >= 15 is 0 Å². The molecule has 0 aliphatic heterocycles. The largest absolute Gasteiger partial charge is 0.319 e. The lowest BCUT2D eigenvalue weighted by atomic mass is 9.73. The van der Waals surface area contributed by atoms with Crippen molar-refractivity contribution in [1.82, 2.24) is 0 Å². The highest BCUT2D eigenvalue weighted by Gasteiger charge is 2.37. The van der Waals surface area contributed by atoms with Crippen LogP contribution in [0.15, 0.2) is 18.2 Å². The van der Waals surface area contributed by atoms with Gasteiger partial charge in [-0.15, -0.1) is 0 Å². The number of hydrogen-bond acceptors (Lipinski definition) is 2. The summed E-state index contributed by atoms with van der Waals surface area (Å²) in [5, 5.41) is 0. The molecule has 0 heterocycles. The van der Waals surface area contributed by atoms with Gasteiger partial charge in [-0.2, -0.15) is 0 Å².